The first-order chi connectivity index (χ1) is 10.8. The topological polar surface area (TPSA) is 35.5 Å². The van der Waals surface area contributed by atoms with E-state index in [2.05, 4.69) is 24.3 Å². The summed E-state index contributed by atoms with van der Waals surface area (Å²) in [6.45, 7) is 0.460. The minimum Gasteiger partial charge on any atom is -0.462 e. The maximum atomic E-state index is 11.6. The Morgan fingerprint density at radius 3 is 2.73 bits per heavy atom. The number of rotatable bonds is 0. The molecule has 0 aromatic carbocycles. The highest BCUT2D eigenvalue weighted by atomic mass is 16.5. The van der Waals surface area contributed by atoms with Crippen molar-refractivity contribution in [1.82, 2.24) is 0 Å². The van der Waals surface area contributed by atoms with Crippen molar-refractivity contribution in [3.8, 4) is 0 Å². The Bertz CT molecular complexity index is 409. The van der Waals surface area contributed by atoms with Crippen LogP contribution in [0, 0.1) is 0 Å². The van der Waals surface area contributed by atoms with Crippen molar-refractivity contribution in [2.24, 2.45) is 0 Å². The third kappa shape index (κ3) is 7.08. The third-order valence-corrected chi connectivity index (χ3v) is 4.08. The van der Waals surface area contributed by atoms with E-state index < -0.39 is 0 Å². The van der Waals surface area contributed by atoms with Crippen LogP contribution in [0.15, 0.2) is 36.5 Å². The molecule has 2 atom stereocenters. The van der Waals surface area contributed by atoms with E-state index in [-0.39, 0.29) is 12.1 Å². The molecule has 0 saturated carbocycles. The number of carbonyl (C=O) groups excluding carboxylic acids is 1. The Labute approximate surface area is 134 Å². The molecule has 2 unspecified atom stereocenters. The standard InChI is InChI=1S/C19H28O3/c20-19-15-10-14-18-13-9-12-17(22-18)11-7-5-3-1-2-4-6-8-16-21-19/h4,6,9-10,13,15,17-18H,1-3,5,7-8,11-12,14,16H2. The first kappa shape index (κ1) is 17.0. The molecule has 0 aromatic heterocycles. The minimum absolute atomic E-state index is 0.101. The number of hydrogen-bond donors (Lipinski definition) is 0. The van der Waals surface area contributed by atoms with Crippen LogP contribution in [-0.4, -0.2) is 24.8 Å². The van der Waals surface area contributed by atoms with Gasteiger partial charge in [-0.1, -0.05) is 49.6 Å². The van der Waals surface area contributed by atoms with E-state index in [1.807, 2.05) is 6.08 Å². The van der Waals surface area contributed by atoms with Gasteiger partial charge >= 0.3 is 5.97 Å². The lowest BCUT2D eigenvalue weighted by Gasteiger charge is -2.25. The molecule has 22 heavy (non-hydrogen) atoms. The highest BCUT2D eigenvalue weighted by Gasteiger charge is 2.16. The molecule has 0 aromatic rings. The van der Waals surface area contributed by atoms with Gasteiger partial charge < -0.3 is 9.47 Å². The summed E-state index contributed by atoms with van der Waals surface area (Å²) in [7, 11) is 0. The maximum Gasteiger partial charge on any atom is 0.330 e. The third-order valence-electron chi connectivity index (χ3n) is 4.08. The summed E-state index contributed by atoms with van der Waals surface area (Å²) in [4.78, 5) is 11.6. The minimum atomic E-state index is -0.258. The van der Waals surface area contributed by atoms with Crippen molar-refractivity contribution in [3.63, 3.8) is 0 Å². The lowest BCUT2D eigenvalue weighted by molar-refractivity contribution is -0.137. The van der Waals surface area contributed by atoms with Crippen LogP contribution in [0.5, 0.6) is 0 Å². The molecule has 0 aliphatic carbocycles. The van der Waals surface area contributed by atoms with E-state index in [0.29, 0.717) is 12.7 Å². The van der Waals surface area contributed by atoms with Crippen molar-refractivity contribution >= 4 is 5.97 Å². The summed E-state index contributed by atoms with van der Waals surface area (Å²) >= 11 is 0. The van der Waals surface area contributed by atoms with E-state index >= 15 is 0 Å². The summed E-state index contributed by atoms with van der Waals surface area (Å²) in [6, 6.07) is 0. The molecule has 2 heterocycles. The Balaban J connectivity index is 1.84. The van der Waals surface area contributed by atoms with Crippen LogP contribution in [0.2, 0.25) is 0 Å². The first-order valence-electron chi connectivity index (χ1n) is 8.65. The van der Waals surface area contributed by atoms with Gasteiger partial charge in [-0.05, 0) is 38.5 Å². The van der Waals surface area contributed by atoms with Crippen LogP contribution in [0.3, 0.4) is 0 Å². The van der Waals surface area contributed by atoms with Gasteiger partial charge in [0.2, 0.25) is 0 Å². The number of cyclic esters (lactones) is 1. The molecule has 3 nitrogen and oxygen atoms in total. The van der Waals surface area contributed by atoms with Gasteiger partial charge in [0.15, 0.2) is 0 Å². The molecule has 2 bridgehead atoms. The fraction of sp³-hybridized carbons (Fsp3) is 0.632. The molecule has 0 fully saturated rings. The van der Waals surface area contributed by atoms with Gasteiger partial charge in [0.25, 0.3) is 0 Å². The second-order valence-electron chi connectivity index (χ2n) is 6.02. The fourth-order valence-corrected chi connectivity index (χ4v) is 2.85. The zero-order valence-electron chi connectivity index (χ0n) is 13.4. The average molecular weight is 304 g/mol. The quantitative estimate of drug-likeness (QED) is 0.488. The van der Waals surface area contributed by atoms with Gasteiger partial charge in [0.1, 0.15) is 0 Å². The van der Waals surface area contributed by atoms with E-state index in [4.69, 9.17) is 9.47 Å². The molecule has 3 heteroatoms. The molecule has 0 spiro atoms. The van der Waals surface area contributed by atoms with Crippen LogP contribution in [0.1, 0.15) is 57.8 Å². The van der Waals surface area contributed by atoms with E-state index in [9.17, 15) is 4.79 Å². The van der Waals surface area contributed by atoms with Crippen molar-refractivity contribution in [3.05, 3.63) is 36.5 Å². The molecule has 2 rings (SSSR count). The smallest absolute Gasteiger partial charge is 0.330 e. The molecule has 0 N–H and O–H groups in total. The number of ether oxygens (including phenoxy) is 2. The predicted molar refractivity (Wildman–Crippen MR) is 88.6 cm³/mol. The Hall–Kier alpha value is -1.35. The molecule has 0 saturated heterocycles. The molecular weight excluding hydrogens is 276 g/mol. The largest absolute Gasteiger partial charge is 0.462 e. The summed E-state index contributed by atoms with van der Waals surface area (Å²) in [5.41, 5.74) is 0. The van der Waals surface area contributed by atoms with Crippen molar-refractivity contribution < 1.29 is 14.3 Å². The van der Waals surface area contributed by atoms with Crippen LogP contribution in [-0.2, 0) is 14.3 Å². The summed E-state index contributed by atoms with van der Waals surface area (Å²) in [5.74, 6) is -0.258. The van der Waals surface area contributed by atoms with Gasteiger partial charge in [-0.3, -0.25) is 0 Å². The summed E-state index contributed by atoms with van der Waals surface area (Å²) in [6.07, 6.45) is 22.4. The number of allylic oxidation sites excluding steroid dienone is 1. The highest BCUT2D eigenvalue weighted by molar-refractivity contribution is 5.81. The SMILES string of the molecule is O=C1C=CCC2C=CCC(CCCCCCC=CCCO1)O2. The van der Waals surface area contributed by atoms with Crippen LogP contribution in [0.4, 0.5) is 0 Å². The number of fused-ring (bicyclic) bond motifs is 2. The lowest BCUT2D eigenvalue weighted by atomic mass is 10.0. The normalized spacial score (nSPS) is 28.6. The van der Waals surface area contributed by atoms with Crippen LogP contribution >= 0.6 is 0 Å². The first-order valence-corrected chi connectivity index (χ1v) is 8.65. The zero-order valence-corrected chi connectivity index (χ0v) is 13.4. The Morgan fingerprint density at radius 2 is 1.77 bits per heavy atom. The van der Waals surface area contributed by atoms with E-state index in [1.54, 1.807) is 0 Å². The van der Waals surface area contributed by atoms with E-state index in [1.165, 1.54) is 31.8 Å². The molecule has 0 amide bonds. The summed E-state index contributed by atoms with van der Waals surface area (Å²) in [5, 5.41) is 0. The second kappa shape index (κ2) is 10.4. The average Bonchev–Trinajstić information content (AvgIpc) is 2.52. The predicted octanol–water partition coefficient (Wildman–Crippen LogP) is 4.49. The maximum absolute atomic E-state index is 11.6. The fourth-order valence-electron chi connectivity index (χ4n) is 2.85. The monoisotopic (exact) mass is 304 g/mol. The van der Waals surface area contributed by atoms with Crippen LogP contribution in [0.25, 0.3) is 0 Å². The van der Waals surface area contributed by atoms with Crippen molar-refractivity contribution in [1.29, 1.82) is 0 Å². The lowest BCUT2D eigenvalue weighted by Crippen LogP contribution is -2.23. The van der Waals surface area contributed by atoms with Gasteiger partial charge in [0, 0.05) is 6.08 Å². The van der Waals surface area contributed by atoms with Gasteiger partial charge in [-0.25, -0.2) is 4.79 Å². The second-order valence-corrected chi connectivity index (χ2v) is 6.02. The molecule has 2 aliphatic heterocycles. The van der Waals surface area contributed by atoms with E-state index in [0.717, 1.165) is 32.1 Å². The zero-order chi connectivity index (χ0) is 15.5. The molecule has 122 valence electrons. The van der Waals surface area contributed by atoms with Gasteiger partial charge in [-0.15, -0.1) is 0 Å². The Morgan fingerprint density at radius 1 is 0.909 bits per heavy atom. The van der Waals surface area contributed by atoms with Crippen LogP contribution < -0.4 is 0 Å². The molecule has 2 aliphatic rings. The van der Waals surface area contributed by atoms with Gasteiger partial charge in [0.05, 0.1) is 18.8 Å². The number of hydrogen-bond acceptors (Lipinski definition) is 3. The van der Waals surface area contributed by atoms with Crippen molar-refractivity contribution in [2.45, 2.75) is 70.0 Å². The molecule has 0 radical (unpaired) electrons. The Kier molecular flexibility index (Phi) is 8.03. The summed E-state index contributed by atoms with van der Waals surface area (Å²) < 4.78 is 11.2. The number of carbonyl (C=O) groups is 1. The molecular formula is C19H28O3. The van der Waals surface area contributed by atoms with Crippen molar-refractivity contribution in [2.75, 3.05) is 6.61 Å². The van der Waals surface area contributed by atoms with Gasteiger partial charge in [-0.2, -0.15) is 0 Å². The number of esters is 1. The highest BCUT2D eigenvalue weighted by Crippen LogP contribution is 2.20.